The molecule has 0 radical (unpaired) electrons. The number of nitrogens with one attached hydrogen (secondary N) is 2. The molecule has 11 heteroatoms. The number of rotatable bonds is 7. The number of para-hydroxylation sites is 1. The molecule has 0 saturated heterocycles. The van der Waals surface area contributed by atoms with Crippen LogP contribution in [0.1, 0.15) is 29.2 Å². The highest BCUT2D eigenvalue weighted by atomic mass is 19.4. The van der Waals surface area contributed by atoms with Gasteiger partial charge in [-0.2, -0.15) is 13.2 Å². The van der Waals surface area contributed by atoms with Crippen molar-refractivity contribution < 1.29 is 27.8 Å². The molecule has 0 aliphatic carbocycles. The number of aromatic hydroxyl groups is 1. The van der Waals surface area contributed by atoms with Crippen LogP contribution in [0.4, 0.5) is 30.2 Å². The fourth-order valence-electron chi connectivity index (χ4n) is 3.00. The highest BCUT2D eigenvalue weighted by molar-refractivity contribution is 5.81. The number of hydrogen-bond acceptors (Lipinski definition) is 8. The van der Waals surface area contributed by atoms with E-state index in [0.717, 1.165) is 6.26 Å². The third-order valence-electron chi connectivity index (χ3n) is 4.66. The fourth-order valence-corrected chi connectivity index (χ4v) is 3.00. The van der Waals surface area contributed by atoms with Crippen molar-refractivity contribution in [3.8, 4) is 5.75 Å². The zero-order valence-corrected chi connectivity index (χ0v) is 16.7. The predicted molar refractivity (Wildman–Crippen MR) is 107 cm³/mol. The number of phenols is 1. The molecule has 1 unspecified atom stereocenters. The smallest absolute Gasteiger partial charge is 0.415 e. The van der Waals surface area contributed by atoms with Gasteiger partial charge in [0.15, 0.2) is 6.04 Å². The van der Waals surface area contributed by atoms with Gasteiger partial charge in [-0.3, -0.25) is 14.5 Å². The van der Waals surface area contributed by atoms with Crippen molar-refractivity contribution in [3.63, 3.8) is 0 Å². The Labute approximate surface area is 174 Å². The van der Waals surface area contributed by atoms with E-state index in [-0.39, 0.29) is 11.3 Å². The molecule has 0 saturated carbocycles. The molecule has 0 bridgehead atoms. The normalized spacial score (nSPS) is 14.1. The molecule has 2 aromatic carbocycles. The standard InChI is InChI=1S/C20H20F3N3O5/c1-9-7-12(31-8-9)18(20(21,22)23)25-14-13(16(28)17(14)29)24-11-6-4-5-10(15(11)27)19(30)26(2)3/h4-8,18-19,24-25,27,30H,1-3H3/t18-,19?/m0/s1. The topological polar surface area (TPSA) is 115 Å². The van der Waals surface area contributed by atoms with Gasteiger partial charge in [0.1, 0.15) is 29.1 Å². The van der Waals surface area contributed by atoms with Crippen LogP contribution in [0.15, 0.2) is 44.5 Å². The molecule has 1 aromatic heterocycles. The number of phenolic OH excluding ortho intramolecular Hbond substituents is 1. The van der Waals surface area contributed by atoms with Gasteiger partial charge in [-0.15, -0.1) is 0 Å². The number of hydrogen-bond donors (Lipinski definition) is 4. The molecule has 0 spiro atoms. The van der Waals surface area contributed by atoms with Gasteiger partial charge < -0.3 is 25.3 Å². The minimum absolute atomic E-state index is 0.0639. The summed E-state index contributed by atoms with van der Waals surface area (Å²) in [5, 5.41) is 25.1. The Morgan fingerprint density at radius 2 is 1.77 bits per heavy atom. The number of anilines is 3. The Morgan fingerprint density at radius 1 is 1.13 bits per heavy atom. The van der Waals surface area contributed by atoms with E-state index in [2.05, 4.69) is 5.32 Å². The number of aliphatic hydroxyl groups is 1. The summed E-state index contributed by atoms with van der Waals surface area (Å²) in [7, 11) is 3.13. The average molecular weight is 439 g/mol. The van der Waals surface area contributed by atoms with Gasteiger partial charge in [0.2, 0.25) is 0 Å². The van der Waals surface area contributed by atoms with Gasteiger partial charge in [0, 0.05) is 5.56 Å². The Bertz CT molecular complexity index is 1160. The highest BCUT2D eigenvalue weighted by Gasteiger charge is 2.44. The minimum atomic E-state index is -4.82. The molecule has 3 aromatic rings. The molecule has 1 heterocycles. The first-order chi connectivity index (χ1) is 14.4. The Hall–Kier alpha value is -3.31. The average Bonchev–Trinajstić information content (AvgIpc) is 3.12. The van der Waals surface area contributed by atoms with E-state index in [0.29, 0.717) is 5.56 Å². The second-order valence-corrected chi connectivity index (χ2v) is 7.26. The van der Waals surface area contributed by atoms with Crippen LogP contribution in [0.3, 0.4) is 0 Å². The van der Waals surface area contributed by atoms with Gasteiger partial charge in [0.05, 0.1) is 12.0 Å². The lowest BCUT2D eigenvalue weighted by atomic mass is 10.1. The minimum Gasteiger partial charge on any atom is -0.505 e. The summed E-state index contributed by atoms with van der Waals surface area (Å²) in [5.41, 5.74) is -2.71. The molecule has 31 heavy (non-hydrogen) atoms. The summed E-state index contributed by atoms with van der Waals surface area (Å²) in [6.45, 7) is 1.54. The third kappa shape index (κ3) is 4.28. The molecule has 3 rings (SSSR count). The van der Waals surface area contributed by atoms with Crippen LogP contribution in [0.25, 0.3) is 0 Å². The van der Waals surface area contributed by atoms with Crippen molar-refractivity contribution in [1.29, 1.82) is 0 Å². The van der Waals surface area contributed by atoms with Crippen LogP contribution in [0, 0.1) is 6.92 Å². The van der Waals surface area contributed by atoms with E-state index in [4.69, 9.17) is 4.42 Å². The molecule has 0 aliphatic heterocycles. The summed E-state index contributed by atoms with van der Waals surface area (Å²) in [6, 6.07) is 3.06. The van der Waals surface area contributed by atoms with Crippen LogP contribution < -0.4 is 21.5 Å². The van der Waals surface area contributed by atoms with E-state index in [9.17, 15) is 33.0 Å². The van der Waals surface area contributed by atoms with Gasteiger partial charge >= 0.3 is 6.18 Å². The highest BCUT2D eigenvalue weighted by Crippen LogP contribution is 2.39. The van der Waals surface area contributed by atoms with E-state index < -0.39 is 52.2 Å². The molecular formula is C20H20F3N3O5. The molecular weight excluding hydrogens is 419 g/mol. The fraction of sp³-hybridized carbons (Fsp3) is 0.300. The van der Waals surface area contributed by atoms with Crippen molar-refractivity contribution in [1.82, 2.24) is 4.90 Å². The maximum atomic E-state index is 13.6. The van der Waals surface area contributed by atoms with Gasteiger partial charge in [-0.25, -0.2) is 0 Å². The molecule has 0 aliphatic rings. The molecule has 8 nitrogen and oxygen atoms in total. The Morgan fingerprint density at radius 3 is 2.32 bits per heavy atom. The Balaban J connectivity index is 1.95. The number of aliphatic hydroxyl groups excluding tert-OH is 1. The molecule has 4 N–H and O–H groups in total. The summed E-state index contributed by atoms with van der Waals surface area (Å²) in [6.07, 6.45) is -4.86. The number of nitrogens with zero attached hydrogens (tertiary/aromatic N) is 1. The number of alkyl halides is 3. The molecule has 0 amide bonds. The van der Waals surface area contributed by atoms with Crippen LogP contribution in [0.5, 0.6) is 5.75 Å². The van der Waals surface area contributed by atoms with E-state index in [1.807, 2.05) is 5.32 Å². The number of aryl methyl sites for hydroxylation is 1. The molecule has 2 atom stereocenters. The van der Waals surface area contributed by atoms with Gasteiger partial charge in [-0.1, -0.05) is 12.1 Å². The largest absolute Gasteiger partial charge is 0.505 e. The van der Waals surface area contributed by atoms with E-state index in [1.165, 1.54) is 29.2 Å². The van der Waals surface area contributed by atoms with Crippen molar-refractivity contribution in [2.24, 2.45) is 0 Å². The summed E-state index contributed by atoms with van der Waals surface area (Å²) in [4.78, 5) is 25.4. The first-order valence-electron chi connectivity index (χ1n) is 9.06. The Kier molecular flexibility index (Phi) is 5.83. The second kappa shape index (κ2) is 8.08. The van der Waals surface area contributed by atoms with E-state index in [1.54, 1.807) is 21.0 Å². The maximum absolute atomic E-state index is 13.6. The van der Waals surface area contributed by atoms with Crippen LogP contribution >= 0.6 is 0 Å². The summed E-state index contributed by atoms with van der Waals surface area (Å²) < 4.78 is 45.6. The summed E-state index contributed by atoms with van der Waals surface area (Å²) in [5.74, 6) is -0.889. The zero-order valence-electron chi connectivity index (χ0n) is 16.7. The monoisotopic (exact) mass is 439 g/mol. The van der Waals surface area contributed by atoms with E-state index >= 15 is 0 Å². The predicted octanol–water partition coefficient (Wildman–Crippen LogP) is 2.90. The molecule has 166 valence electrons. The van der Waals surface area contributed by atoms with Crippen LogP contribution in [0.2, 0.25) is 0 Å². The van der Waals surface area contributed by atoms with Gasteiger partial charge in [-0.05, 0) is 38.7 Å². The first kappa shape index (κ1) is 22.4. The lowest BCUT2D eigenvalue weighted by Gasteiger charge is -2.24. The summed E-state index contributed by atoms with van der Waals surface area (Å²) >= 11 is 0. The lowest BCUT2D eigenvalue weighted by molar-refractivity contribution is -0.147. The third-order valence-corrected chi connectivity index (χ3v) is 4.66. The lowest BCUT2D eigenvalue weighted by Crippen LogP contribution is -2.40. The van der Waals surface area contributed by atoms with Crippen LogP contribution in [-0.2, 0) is 0 Å². The maximum Gasteiger partial charge on any atom is 0.415 e. The van der Waals surface area contributed by atoms with Gasteiger partial charge in [0.25, 0.3) is 10.9 Å². The quantitative estimate of drug-likeness (QED) is 0.252. The number of halogens is 3. The number of furan rings is 1. The van der Waals surface area contributed by atoms with Crippen molar-refractivity contribution in [3.05, 3.63) is 67.9 Å². The van der Waals surface area contributed by atoms with Crippen LogP contribution in [-0.4, -0.2) is 35.4 Å². The first-order valence-corrected chi connectivity index (χ1v) is 9.06. The van der Waals surface area contributed by atoms with Crippen molar-refractivity contribution in [2.75, 3.05) is 24.7 Å². The zero-order chi connectivity index (χ0) is 23.1. The second-order valence-electron chi connectivity index (χ2n) is 7.26. The van der Waals surface area contributed by atoms with Crippen molar-refractivity contribution >= 4 is 17.1 Å². The number of benzene rings is 1. The SMILES string of the molecule is Cc1coc([C@H](Nc2c(Nc3cccc(C(O)N(C)C)c3O)c(=O)c2=O)C(F)(F)F)c1. The molecule has 0 fully saturated rings. The van der Waals surface area contributed by atoms with Crippen molar-refractivity contribution in [2.45, 2.75) is 25.4 Å².